The highest BCUT2D eigenvalue weighted by atomic mass is 32.1. The van der Waals surface area contributed by atoms with E-state index >= 15 is 0 Å². The van der Waals surface area contributed by atoms with E-state index in [4.69, 9.17) is 0 Å². The van der Waals surface area contributed by atoms with Gasteiger partial charge in [0.05, 0.1) is 6.04 Å². The molecule has 6 heteroatoms. The fraction of sp³-hybridized carbons (Fsp3) is 0.333. The molecule has 0 aliphatic heterocycles. The zero-order chi connectivity index (χ0) is 17.5. The predicted molar refractivity (Wildman–Crippen MR) is 98.2 cm³/mol. The van der Waals surface area contributed by atoms with E-state index in [1.54, 1.807) is 23.5 Å². The summed E-state index contributed by atoms with van der Waals surface area (Å²) in [5.74, 6) is -1.28. The van der Waals surface area contributed by atoms with E-state index in [1.807, 2.05) is 48.0 Å². The van der Waals surface area contributed by atoms with E-state index in [-0.39, 0.29) is 6.04 Å². The van der Waals surface area contributed by atoms with Crippen LogP contribution in [0.25, 0.3) is 0 Å². The highest BCUT2D eigenvalue weighted by Crippen LogP contribution is 2.19. The Kier molecular flexibility index (Phi) is 6.52. The number of nitrogens with one attached hydrogen (secondary N) is 2. The van der Waals surface area contributed by atoms with Crippen molar-refractivity contribution in [2.45, 2.75) is 19.4 Å². The van der Waals surface area contributed by atoms with Gasteiger partial charge >= 0.3 is 11.8 Å². The molecule has 128 valence electrons. The van der Waals surface area contributed by atoms with E-state index < -0.39 is 11.8 Å². The molecule has 1 aromatic carbocycles. The number of anilines is 1. The van der Waals surface area contributed by atoms with Crippen LogP contribution in [0.2, 0.25) is 0 Å². The summed E-state index contributed by atoms with van der Waals surface area (Å²) in [6.07, 6.45) is 0.934. The van der Waals surface area contributed by atoms with Crippen LogP contribution < -0.4 is 10.6 Å². The van der Waals surface area contributed by atoms with Crippen LogP contribution in [0.15, 0.2) is 41.1 Å². The minimum absolute atomic E-state index is 0.0387. The molecular weight excluding hydrogens is 322 g/mol. The molecule has 2 aromatic rings. The molecule has 2 N–H and O–H groups in total. The van der Waals surface area contributed by atoms with Crippen molar-refractivity contribution >= 4 is 28.8 Å². The second-order valence-corrected chi connectivity index (χ2v) is 6.53. The summed E-state index contributed by atoms with van der Waals surface area (Å²) in [4.78, 5) is 26.0. The first kappa shape index (κ1) is 18.2. The van der Waals surface area contributed by atoms with Gasteiger partial charge in [0.2, 0.25) is 0 Å². The third-order valence-electron chi connectivity index (χ3n) is 3.83. The van der Waals surface area contributed by atoms with Crippen LogP contribution in [0.4, 0.5) is 5.69 Å². The molecule has 1 aromatic heterocycles. The lowest BCUT2D eigenvalue weighted by Crippen LogP contribution is -2.40. The van der Waals surface area contributed by atoms with Crippen molar-refractivity contribution in [3.63, 3.8) is 0 Å². The molecule has 2 rings (SSSR count). The number of hydrogen-bond acceptors (Lipinski definition) is 4. The monoisotopic (exact) mass is 345 g/mol. The van der Waals surface area contributed by atoms with Gasteiger partial charge in [-0.3, -0.25) is 9.59 Å². The molecule has 0 aliphatic rings. The Hall–Kier alpha value is -2.18. The largest absolute Gasteiger partial charge is 0.346 e. The lowest BCUT2D eigenvalue weighted by atomic mass is 10.1. The quantitative estimate of drug-likeness (QED) is 0.791. The van der Waals surface area contributed by atoms with Crippen molar-refractivity contribution in [1.82, 2.24) is 10.2 Å². The van der Waals surface area contributed by atoms with Crippen molar-refractivity contribution in [3.05, 3.63) is 52.2 Å². The summed E-state index contributed by atoms with van der Waals surface area (Å²) in [6, 6.07) is 9.54. The number of thiophene rings is 1. The fourth-order valence-corrected chi connectivity index (χ4v) is 3.05. The van der Waals surface area contributed by atoms with Crippen LogP contribution in [0, 0.1) is 0 Å². The Morgan fingerprint density at radius 2 is 1.83 bits per heavy atom. The Bertz CT molecular complexity index is 666. The summed E-state index contributed by atoms with van der Waals surface area (Å²) < 4.78 is 0. The van der Waals surface area contributed by atoms with Gasteiger partial charge in [0.15, 0.2) is 0 Å². The fourth-order valence-electron chi connectivity index (χ4n) is 2.34. The number of likely N-dealkylation sites (N-methyl/N-ethyl adjacent to an activating group) is 1. The lowest BCUT2D eigenvalue weighted by molar-refractivity contribution is -0.136. The number of carbonyl (C=O) groups excluding carboxylic acids is 2. The first-order valence-corrected chi connectivity index (χ1v) is 8.82. The maximum atomic E-state index is 12.0. The molecular formula is C18H23N3O2S. The smallest absolute Gasteiger partial charge is 0.313 e. The number of hydrogen-bond donors (Lipinski definition) is 2. The number of nitrogens with zero attached hydrogens (tertiary/aromatic N) is 1. The molecule has 0 spiro atoms. The predicted octanol–water partition coefficient (Wildman–Crippen LogP) is 2.67. The number of carbonyl (C=O) groups is 2. The third kappa shape index (κ3) is 4.91. The van der Waals surface area contributed by atoms with Crippen molar-refractivity contribution in [3.8, 4) is 0 Å². The lowest BCUT2D eigenvalue weighted by Gasteiger charge is -2.23. The summed E-state index contributed by atoms with van der Waals surface area (Å²) >= 11 is 1.61. The SMILES string of the molecule is CCc1ccc(NC(=O)C(=O)NCC(c2ccsc2)N(C)C)cc1. The van der Waals surface area contributed by atoms with Crippen LogP contribution in [-0.2, 0) is 16.0 Å². The zero-order valence-corrected chi connectivity index (χ0v) is 15.0. The van der Waals surface area contributed by atoms with E-state index in [9.17, 15) is 9.59 Å². The average molecular weight is 345 g/mol. The number of aryl methyl sites for hydroxylation is 1. The number of rotatable bonds is 6. The number of amides is 2. The Morgan fingerprint density at radius 3 is 2.38 bits per heavy atom. The van der Waals surface area contributed by atoms with Crippen molar-refractivity contribution in [2.24, 2.45) is 0 Å². The van der Waals surface area contributed by atoms with Crippen LogP contribution in [0.1, 0.15) is 24.1 Å². The zero-order valence-electron chi connectivity index (χ0n) is 14.2. The summed E-state index contributed by atoms with van der Waals surface area (Å²) in [6.45, 7) is 2.44. The summed E-state index contributed by atoms with van der Waals surface area (Å²) in [5.41, 5.74) is 2.93. The van der Waals surface area contributed by atoms with Gasteiger partial charge in [0.25, 0.3) is 0 Å². The van der Waals surface area contributed by atoms with Gasteiger partial charge in [0, 0.05) is 12.2 Å². The molecule has 1 unspecified atom stereocenters. The third-order valence-corrected chi connectivity index (χ3v) is 4.54. The first-order chi connectivity index (χ1) is 11.5. The molecule has 0 bridgehead atoms. The molecule has 24 heavy (non-hydrogen) atoms. The maximum absolute atomic E-state index is 12.0. The van der Waals surface area contributed by atoms with E-state index in [2.05, 4.69) is 17.6 Å². The number of benzene rings is 1. The Morgan fingerprint density at radius 1 is 1.12 bits per heavy atom. The van der Waals surface area contributed by atoms with Gasteiger partial charge in [-0.2, -0.15) is 11.3 Å². The van der Waals surface area contributed by atoms with Gasteiger partial charge in [-0.15, -0.1) is 0 Å². The van der Waals surface area contributed by atoms with Crippen molar-refractivity contribution in [2.75, 3.05) is 26.0 Å². The van der Waals surface area contributed by atoms with Gasteiger partial charge in [-0.1, -0.05) is 19.1 Å². The molecule has 2 amide bonds. The van der Waals surface area contributed by atoms with Gasteiger partial charge in [0.1, 0.15) is 0 Å². The molecule has 0 saturated carbocycles. The second kappa shape index (κ2) is 8.61. The normalized spacial score (nSPS) is 12.0. The van der Waals surface area contributed by atoms with Crippen LogP contribution >= 0.6 is 11.3 Å². The molecule has 0 saturated heterocycles. The van der Waals surface area contributed by atoms with Gasteiger partial charge < -0.3 is 15.5 Å². The topological polar surface area (TPSA) is 61.4 Å². The Balaban J connectivity index is 1.89. The van der Waals surface area contributed by atoms with E-state index in [0.717, 1.165) is 12.0 Å². The van der Waals surface area contributed by atoms with Crippen molar-refractivity contribution < 1.29 is 9.59 Å². The molecule has 1 atom stereocenters. The highest BCUT2D eigenvalue weighted by Gasteiger charge is 2.19. The maximum Gasteiger partial charge on any atom is 0.313 e. The molecule has 0 radical (unpaired) electrons. The standard InChI is InChI=1S/C18H23N3O2S/c1-4-13-5-7-15(8-6-13)20-18(23)17(22)19-11-16(21(2)3)14-9-10-24-12-14/h5-10,12,16H,4,11H2,1-3H3,(H,19,22)(H,20,23). The van der Waals surface area contributed by atoms with Crippen LogP contribution in [-0.4, -0.2) is 37.4 Å². The van der Waals surface area contributed by atoms with E-state index in [0.29, 0.717) is 12.2 Å². The highest BCUT2D eigenvalue weighted by molar-refractivity contribution is 7.07. The minimum atomic E-state index is -0.651. The Labute approximate surface area is 146 Å². The van der Waals surface area contributed by atoms with Crippen LogP contribution in [0.3, 0.4) is 0 Å². The minimum Gasteiger partial charge on any atom is -0.346 e. The first-order valence-electron chi connectivity index (χ1n) is 7.88. The molecule has 0 aliphatic carbocycles. The summed E-state index contributed by atoms with van der Waals surface area (Å²) in [7, 11) is 3.90. The van der Waals surface area contributed by atoms with Gasteiger partial charge in [-0.25, -0.2) is 0 Å². The molecule has 1 heterocycles. The second-order valence-electron chi connectivity index (χ2n) is 5.75. The van der Waals surface area contributed by atoms with Crippen molar-refractivity contribution in [1.29, 1.82) is 0 Å². The van der Waals surface area contributed by atoms with Crippen LogP contribution in [0.5, 0.6) is 0 Å². The summed E-state index contributed by atoms with van der Waals surface area (Å²) in [5, 5.41) is 9.37. The average Bonchev–Trinajstić information content (AvgIpc) is 3.09. The molecule has 0 fully saturated rings. The van der Waals surface area contributed by atoms with E-state index in [1.165, 1.54) is 5.56 Å². The molecule has 5 nitrogen and oxygen atoms in total. The van der Waals surface area contributed by atoms with Gasteiger partial charge in [-0.05, 0) is 60.6 Å².